The predicted molar refractivity (Wildman–Crippen MR) is 121 cm³/mol. The van der Waals surface area contributed by atoms with Crippen molar-refractivity contribution in [1.82, 2.24) is 14.8 Å². The Bertz CT molecular complexity index is 966. The van der Waals surface area contributed by atoms with Crippen LogP contribution in [0.5, 0.6) is 0 Å². The van der Waals surface area contributed by atoms with Gasteiger partial charge in [-0.05, 0) is 37.3 Å². The molecule has 2 saturated heterocycles. The monoisotopic (exact) mass is 439 g/mol. The largest absolute Gasteiger partial charge is 0.441 e. The molecule has 0 bridgehead atoms. The van der Waals surface area contributed by atoms with Crippen molar-refractivity contribution in [2.75, 3.05) is 25.4 Å². The number of benzene rings is 1. The molecule has 4 rings (SSSR count). The van der Waals surface area contributed by atoms with Gasteiger partial charge in [0.15, 0.2) is 0 Å². The standard InChI is InChI=1S/C24H29N3O3S/c1-4-31-21-20(6-5-9-25-21)22(28)26-10-7-24(8-11-26)16-27(23(29)30-24)15-19-13-17(2)12-18(3)14-19/h5-6,9,12-14H,4,7-8,10-11,15-16H2,1-3H3. The van der Waals surface area contributed by atoms with Crippen molar-refractivity contribution < 1.29 is 14.3 Å². The maximum Gasteiger partial charge on any atom is 0.410 e. The number of rotatable bonds is 5. The highest BCUT2D eigenvalue weighted by Gasteiger charge is 2.47. The molecule has 0 aliphatic carbocycles. The van der Waals surface area contributed by atoms with Gasteiger partial charge in [-0.2, -0.15) is 0 Å². The van der Waals surface area contributed by atoms with Crippen LogP contribution in [0.1, 0.15) is 46.8 Å². The zero-order chi connectivity index (χ0) is 22.0. The first kappa shape index (κ1) is 21.7. The molecule has 6 nitrogen and oxygen atoms in total. The third-order valence-electron chi connectivity index (χ3n) is 5.94. The Balaban J connectivity index is 1.40. The molecule has 2 fully saturated rings. The lowest BCUT2D eigenvalue weighted by Crippen LogP contribution is -2.48. The molecule has 2 amide bonds. The maximum atomic E-state index is 13.1. The minimum absolute atomic E-state index is 0.00955. The number of nitrogens with zero attached hydrogens (tertiary/aromatic N) is 3. The highest BCUT2D eigenvalue weighted by atomic mass is 32.2. The van der Waals surface area contributed by atoms with Gasteiger partial charge >= 0.3 is 6.09 Å². The number of piperidine rings is 1. The van der Waals surface area contributed by atoms with Gasteiger partial charge < -0.3 is 9.64 Å². The number of hydrogen-bond acceptors (Lipinski definition) is 5. The second-order valence-corrected chi connectivity index (χ2v) is 9.74. The van der Waals surface area contributed by atoms with Gasteiger partial charge in [-0.1, -0.05) is 36.2 Å². The highest BCUT2D eigenvalue weighted by molar-refractivity contribution is 7.99. The molecule has 2 aliphatic heterocycles. The van der Waals surface area contributed by atoms with Crippen LogP contribution in [-0.2, 0) is 11.3 Å². The molecular formula is C24H29N3O3S. The van der Waals surface area contributed by atoms with Gasteiger partial charge in [-0.3, -0.25) is 9.69 Å². The van der Waals surface area contributed by atoms with Crippen LogP contribution in [0, 0.1) is 13.8 Å². The number of amides is 2. The number of likely N-dealkylation sites (tertiary alicyclic amines) is 1. The number of aromatic nitrogens is 1. The van der Waals surface area contributed by atoms with Crippen molar-refractivity contribution in [3.8, 4) is 0 Å². The van der Waals surface area contributed by atoms with E-state index in [4.69, 9.17) is 4.74 Å². The van der Waals surface area contributed by atoms with Gasteiger partial charge in [-0.15, -0.1) is 11.8 Å². The summed E-state index contributed by atoms with van der Waals surface area (Å²) < 4.78 is 5.86. The Morgan fingerprint density at radius 1 is 1.19 bits per heavy atom. The molecule has 0 saturated carbocycles. The summed E-state index contributed by atoms with van der Waals surface area (Å²) in [4.78, 5) is 33.7. The van der Waals surface area contributed by atoms with Crippen molar-refractivity contribution in [3.63, 3.8) is 0 Å². The third kappa shape index (κ3) is 4.71. The molecule has 7 heteroatoms. The van der Waals surface area contributed by atoms with E-state index in [0.717, 1.165) is 16.3 Å². The van der Waals surface area contributed by atoms with Crippen LogP contribution in [-0.4, -0.2) is 57.8 Å². The summed E-state index contributed by atoms with van der Waals surface area (Å²) in [7, 11) is 0. The molecule has 1 aromatic carbocycles. The fraction of sp³-hybridized carbons (Fsp3) is 0.458. The number of thioether (sulfide) groups is 1. The molecule has 31 heavy (non-hydrogen) atoms. The Hall–Kier alpha value is -2.54. The first-order valence-electron chi connectivity index (χ1n) is 10.8. The average Bonchev–Trinajstić information content (AvgIpc) is 3.02. The van der Waals surface area contributed by atoms with E-state index in [1.807, 2.05) is 17.0 Å². The van der Waals surface area contributed by atoms with E-state index in [2.05, 4.69) is 44.0 Å². The minimum Gasteiger partial charge on any atom is -0.441 e. The van der Waals surface area contributed by atoms with Crippen LogP contribution < -0.4 is 0 Å². The first-order valence-corrected chi connectivity index (χ1v) is 11.8. The molecule has 1 aromatic heterocycles. The Kier molecular flexibility index (Phi) is 6.23. The number of hydrogen-bond donors (Lipinski definition) is 0. The summed E-state index contributed by atoms with van der Waals surface area (Å²) in [6, 6.07) is 10.0. The molecule has 0 atom stereocenters. The SMILES string of the molecule is CCSc1ncccc1C(=O)N1CCC2(CC1)CN(Cc1cc(C)cc(C)c1)C(=O)O2. The van der Waals surface area contributed by atoms with Crippen molar-refractivity contribution >= 4 is 23.8 Å². The summed E-state index contributed by atoms with van der Waals surface area (Å²) in [5.41, 5.74) is 3.67. The molecule has 1 spiro atoms. The Labute approximate surface area is 188 Å². The fourth-order valence-corrected chi connectivity index (χ4v) is 5.27. The van der Waals surface area contributed by atoms with Crippen molar-refractivity contribution in [1.29, 1.82) is 0 Å². The summed E-state index contributed by atoms with van der Waals surface area (Å²) in [6.07, 6.45) is 2.78. The van der Waals surface area contributed by atoms with Crippen LogP contribution in [0.15, 0.2) is 41.6 Å². The lowest BCUT2D eigenvalue weighted by Gasteiger charge is -2.37. The van der Waals surface area contributed by atoms with Crippen molar-refractivity contribution in [3.05, 3.63) is 58.8 Å². The third-order valence-corrected chi connectivity index (χ3v) is 6.83. The van der Waals surface area contributed by atoms with E-state index in [1.54, 1.807) is 22.9 Å². The van der Waals surface area contributed by atoms with E-state index < -0.39 is 5.60 Å². The topological polar surface area (TPSA) is 62.7 Å². The summed E-state index contributed by atoms with van der Waals surface area (Å²) in [6.45, 7) is 8.48. The predicted octanol–water partition coefficient (Wildman–Crippen LogP) is 4.44. The molecule has 2 aliphatic rings. The maximum absolute atomic E-state index is 13.1. The molecule has 2 aromatic rings. The van der Waals surface area contributed by atoms with E-state index in [9.17, 15) is 9.59 Å². The first-order chi connectivity index (χ1) is 14.9. The fourth-order valence-electron chi connectivity index (χ4n) is 4.55. The van der Waals surface area contributed by atoms with E-state index in [1.165, 1.54) is 11.1 Å². The molecule has 0 radical (unpaired) electrons. The quantitative estimate of drug-likeness (QED) is 0.645. The molecular weight excluding hydrogens is 410 g/mol. The highest BCUT2D eigenvalue weighted by Crippen LogP contribution is 2.35. The van der Waals surface area contributed by atoms with Crippen molar-refractivity contribution in [2.24, 2.45) is 0 Å². The van der Waals surface area contributed by atoms with Gasteiger partial charge in [-0.25, -0.2) is 9.78 Å². The van der Waals surface area contributed by atoms with Crippen LogP contribution in [0.4, 0.5) is 4.79 Å². The van der Waals surface area contributed by atoms with Crippen LogP contribution in [0.3, 0.4) is 0 Å². The summed E-state index contributed by atoms with van der Waals surface area (Å²) >= 11 is 1.58. The second-order valence-electron chi connectivity index (χ2n) is 8.48. The smallest absolute Gasteiger partial charge is 0.410 e. The number of aryl methyl sites for hydroxylation is 2. The van der Waals surface area contributed by atoms with E-state index >= 15 is 0 Å². The summed E-state index contributed by atoms with van der Waals surface area (Å²) in [5, 5.41) is 0.780. The van der Waals surface area contributed by atoms with Crippen LogP contribution in [0.25, 0.3) is 0 Å². The number of ether oxygens (including phenoxy) is 1. The van der Waals surface area contributed by atoms with E-state index in [0.29, 0.717) is 44.6 Å². The van der Waals surface area contributed by atoms with Gasteiger partial charge in [0.1, 0.15) is 10.6 Å². The van der Waals surface area contributed by atoms with Gasteiger partial charge in [0, 0.05) is 38.7 Å². The van der Waals surface area contributed by atoms with Gasteiger partial charge in [0.2, 0.25) is 0 Å². The zero-order valence-corrected chi connectivity index (χ0v) is 19.2. The molecule has 0 unspecified atom stereocenters. The minimum atomic E-state index is -0.497. The van der Waals surface area contributed by atoms with Gasteiger partial charge in [0.25, 0.3) is 5.91 Å². The van der Waals surface area contributed by atoms with Crippen LogP contribution >= 0.6 is 11.8 Å². The zero-order valence-electron chi connectivity index (χ0n) is 18.4. The molecule has 164 valence electrons. The number of pyridine rings is 1. The molecule has 0 N–H and O–H groups in total. The number of carbonyl (C=O) groups is 2. The molecule has 3 heterocycles. The average molecular weight is 440 g/mol. The summed E-state index contributed by atoms with van der Waals surface area (Å²) in [5.74, 6) is 0.877. The second kappa shape index (κ2) is 8.91. The lowest BCUT2D eigenvalue weighted by atomic mass is 9.91. The van der Waals surface area contributed by atoms with Crippen LogP contribution in [0.2, 0.25) is 0 Å². The normalized spacial score (nSPS) is 17.8. The number of carbonyl (C=O) groups excluding carboxylic acids is 2. The van der Waals surface area contributed by atoms with Gasteiger partial charge in [0.05, 0.1) is 12.1 Å². The van der Waals surface area contributed by atoms with Crippen molar-refractivity contribution in [2.45, 2.75) is 50.8 Å². The Morgan fingerprint density at radius 2 is 1.90 bits per heavy atom. The van der Waals surface area contributed by atoms with E-state index in [-0.39, 0.29) is 12.0 Å². The Morgan fingerprint density at radius 3 is 2.58 bits per heavy atom. The lowest BCUT2D eigenvalue weighted by molar-refractivity contribution is 0.00301.